The van der Waals surface area contributed by atoms with Crippen LogP contribution in [0.15, 0.2) is 95.6 Å². The molecule has 0 atom stereocenters. The highest BCUT2D eigenvalue weighted by atomic mass is 16.6. The standard InChI is InChI=1S/C26H15N3O7/c30-26-22(27-25(36-26)19-9-8-17-5-1-2-6-18(17)14-19)13-16-4-3-7-21(12-16)35-24-11-10-20(28(31)32)15-23(24)29(33)34/h1-15H/b22-13-. The molecule has 0 amide bonds. The maximum absolute atomic E-state index is 12.4. The molecule has 0 radical (unpaired) electrons. The van der Waals surface area contributed by atoms with Crippen molar-refractivity contribution in [3.05, 3.63) is 122 Å². The van der Waals surface area contributed by atoms with Gasteiger partial charge in [0.15, 0.2) is 5.70 Å². The van der Waals surface area contributed by atoms with Gasteiger partial charge in [-0.05, 0) is 52.7 Å². The van der Waals surface area contributed by atoms with Crippen LogP contribution in [0.1, 0.15) is 11.1 Å². The highest BCUT2D eigenvalue weighted by molar-refractivity contribution is 6.13. The summed E-state index contributed by atoms with van der Waals surface area (Å²) < 4.78 is 11.0. The second-order valence-electron chi connectivity index (χ2n) is 7.74. The number of hydrogen-bond donors (Lipinski definition) is 0. The molecule has 10 heteroatoms. The summed E-state index contributed by atoms with van der Waals surface area (Å²) in [6.07, 6.45) is 1.51. The first-order valence-electron chi connectivity index (χ1n) is 10.6. The number of benzene rings is 4. The van der Waals surface area contributed by atoms with Crippen molar-refractivity contribution >= 4 is 40.1 Å². The second-order valence-corrected chi connectivity index (χ2v) is 7.74. The van der Waals surface area contributed by atoms with Crippen LogP contribution in [0.5, 0.6) is 11.5 Å². The molecule has 0 fully saturated rings. The fourth-order valence-electron chi connectivity index (χ4n) is 3.66. The van der Waals surface area contributed by atoms with E-state index in [9.17, 15) is 25.0 Å². The normalized spacial score (nSPS) is 13.9. The van der Waals surface area contributed by atoms with E-state index >= 15 is 0 Å². The van der Waals surface area contributed by atoms with Crippen LogP contribution in [0.2, 0.25) is 0 Å². The number of nitro groups is 2. The molecule has 0 bridgehead atoms. The Morgan fingerprint density at radius 3 is 2.42 bits per heavy atom. The van der Waals surface area contributed by atoms with E-state index in [1.165, 1.54) is 6.08 Å². The molecular weight excluding hydrogens is 466 g/mol. The Balaban J connectivity index is 1.42. The summed E-state index contributed by atoms with van der Waals surface area (Å²) in [6.45, 7) is 0. The monoisotopic (exact) mass is 481 g/mol. The molecule has 0 spiro atoms. The number of carbonyl (C=O) groups excluding carboxylic acids is 1. The number of ether oxygens (including phenoxy) is 2. The lowest BCUT2D eigenvalue weighted by Crippen LogP contribution is -2.05. The predicted molar refractivity (Wildman–Crippen MR) is 131 cm³/mol. The van der Waals surface area contributed by atoms with Crippen LogP contribution in [-0.2, 0) is 9.53 Å². The Kier molecular flexibility index (Phi) is 5.67. The van der Waals surface area contributed by atoms with Crippen LogP contribution in [0.3, 0.4) is 0 Å². The number of aliphatic imine (C=N–C) groups is 1. The Hall–Kier alpha value is -5.38. The first kappa shape index (κ1) is 22.4. The maximum atomic E-state index is 12.4. The number of rotatable bonds is 6. The van der Waals surface area contributed by atoms with Crippen LogP contribution < -0.4 is 4.74 Å². The Morgan fingerprint density at radius 1 is 0.833 bits per heavy atom. The molecule has 4 aromatic carbocycles. The van der Waals surface area contributed by atoms with Gasteiger partial charge in [0.1, 0.15) is 5.75 Å². The molecule has 0 unspecified atom stereocenters. The fourth-order valence-corrected chi connectivity index (χ4v) is 3.66. The van der Waals surface area contributed by atoms with Crippen LogP contribution in [0.4, 0.5) is 11.4 Å². The Morgan fingerprint density at radius 2 is 1.64 bits per heavy atom. The van der Waals surface area contributed by atoms with E-state index in [4.69, 9.17) is 9.47 Å². The van der Waals surface area contributed by atoms with E-state index in [1.807, 2.05) is 42.5 Å². The summed E-state index contributed by atoms with van der Waals surface area (Å²) in [5.41, 5.74) is 0.307. The van der Waals surface area contributed by atoms with Gasteiger partial charge in [0.25, 0.3) is 5.69 Å². The molecule has 1 aliphatic rings. The van der Waals surface area contributed by atoms with Gasteiger partial charge in [-0.15, -0.1) is 0 Å². The first-order valence-corrected chi connectivity index (χ1v) is 10.6. The number of cyclic esters (lactones) is 1. The lowest BCUT2D eigenvalue weighted by Gasteiger charge is -2.07. The van der Waals surface area contributed by atoms with E-state index in [1.54, 1.807) is 24.3 Å². The molecule has 4 aromatic rings. The Bertz CT molecular complexity index is 1630. The lowest BCUT2D eigenvalue weighted by molar-refractivity contribution is -0.394. The van der Waals surface area contributed by atoms with Crippen LogP contribution in [0.25, 0.3) is 16.8 Å². The first-order chi connectivity index (χ1) is 17.4. The van der Waals surface area contributed by atoms with Gasteiger partial charge in [-0.25, -0.2) is 9.79 Å². The van der Waals surface area contributed by atoms with Gasteiger partial charge in [0.2, 0.25) is 11.6 Å². The van der Waals surface area contributed by atoms with Gasteiger partial charge in [0, 0.05) is 11.6 Å². The minimum atomic E-state index is -0.758. The van der Waals surface area contributed by atoms with Gasteiger partial charge in [-0.1, -0.05) is 42.5 Å². The molecule has 5 rings (SSSR count). The third-order valence-corrected chi connectivity index (χ3v) is 5.36. The number of esters is 1. The minimum absolute atomic E-state index is 0.0802. The van der Waals surface area contributed by atoms with Crippen LogP contribution in [-0.4, -0.2) is 21.7 Å². The minimum Gasteiger partial charge on any atom is -0.450 e. The lowest BCUT2D eigenvalue weighted by atomic mass is 10.1. The molecule has 0 saturated carbocycles. The topological polar surface area (TPSA) is 134 Å². The molecule has 0 N–H and O–H groups in total. The van der Waals surface area contributed by atoms with E-state index in [2.05, 4.69) is 4.99 Å². The molecule has 176 valence electrons. The Labute approximate surface area is 203 Å². The second kappa shape index (κ2) is 9.11. The van der Waals surface area contributed by atoms with Gasteiger partial charge < -0.3 is 9.47 Å². The number of nitro benzene ring substituents is 2. The largest absolute Gasteiger partial charge is 0.450 e. The van der Waals surface area contributed by atoms with Gasteiger partial charge in [0.05, 0.1) is 15.9 Å². The van der Waals surface area contributed by atoms with Crippen molar-refractivity contribution in [2.45, 2.75) is 0 Å². The summed E-state index contributed by atoms with van der Waals surface area (Å²) in [5.74, 6) is -0.361. The highest BCUT2D eigenvalue weighted by Gasteiger charge is 2.25. The van der Waals surface area contributed by atoms with Crippen molar-refractivity contribution in [3.8, 4) is 11.5 Å². The zero-order valence-corrected chi connectivity index (χ0v) is 18.4. The van der Waals surface area contributed by atoms with E-state index in [-0.39, 0.29) is 23.1 Å². The summed E-state index contributed by atoms with van der Waals surface area (Å²) in [4.78, 5) is 37.6. The summed E-state index contributed by atoms with van der Waals surface area (Å²) in [6, 6.07) is 23.0. The van der Waals surface area contributed by atoms with Crippen molar-refractivity contribution in [3.63, 3.8) is 0 Å². The molecule has 36 heavy (non-hydrogen) atoms. The number of non-ortho nitro benzene ring substituents is 1. The average Bonchev–Trinajstić information content (AvgIpc) is 3.23. The van der Waals surface area contributed by atoms with E-state index in [0.29, 0.717) is 11.1 Å². The summed E-state index contributed by atoms with van der Waals surface area (Å²) in [7, 11) is 0. The quantitative estimate of drug-likeness (QED) is 0.147. The molecule has 1 aliphatic heterocycles. The van der Waals surface area contributed by atoms with Crippen molar-refractivity contribution in [1.29, 1.82) is 0 Å². The SMILES string of the molecule is O=C1OC(c2ccc3ccccc3c2)=N/C1=C\c1cccc(Oc2ccc([N+](=O)[O-])cc2[N+](=O)[O-])c1. The number of nitrogens with zero attached hydrogens (tertiary/aromatic N) is 3. The molecule has 0 aromatic heterocycles. The van der Waals surface area contributed by atoms with E-state index in [0.717, 1.165) is 29.0 Å². The summed E-state index contributed by atoms with van der Waals surface area (Å²) in [5, 5.41) is 24.3. The van der Waals surface area contributed by atoms with Crippen molar-refractivity contribution < 1.29 is 24.1 Å². The molecule has 10 nitrogen and oxygen atoms in total. The molecule has 1 heterocycles. The van der Waals surface area contributed by atoms with Crippen molar-refractivity contribution in [2.75, 3.05) is 0 Å². The zero-order chi connectivity index (χ0) is 25.2. The number of hydrogen-bond acceptors (Lipinski definition) is 8. The number of fused-ring (bicyclic) bond motifs is 1. The van der Waals surface area contributed by atoms with Gasteiger partial charge in [-0.3, -0.25) is 20.2 Å². The van der Waals surface area contributed by atoms with Gasteiger partial charge >= 0.3 is 11.7 Å². The zero-order valence-electron chi connectivity index (χ0n) is 18.4. The summed E-state index contributed by atoms with van der Waals surface area (Å²) >= 11 is 0. The maximum Gasteiger partial charge on any atom is 0.363 e. The van der Waals surface area contributed by atoms with E-state index < -0.39 is 27.2 Å². The smallest absolute Gasteiger partial charge is 0.363 e. The van der Waals surface area contributed by atoms with Gasteiger partial charge in [-0.2, -0.15) is 0 Å². The van der Waals surface area contributed by atoms with Crippen LogP contribution >= 0.6 is 0 Å². The van der Waals surface area contributed by atoms with Crippen LogP contribution in [0, 0.1) is 20.2 Å². The third-order valence-electron chi connectivity index (χ3n) is 5.36. The van der Waals surface area contributed by atoms with Crippen molar-refractivity contribution in [1.82, 2.24) is 0 Å². The third kappa shape index (κ3) is 4.50. The molecule has 0 saturated heterocycles. The number of carbonyl (C=O) groups is 1. The molecule has 0 aliphatic carbocycles. The molecular formula is C26H15N3O7. The average molecular weight is 481 g/mol. The van der Waals surface area contributed by atoms with Crippen molar-refractivity contribution in [2.24, 2.45) is 4.99 Å². The predicted octanol–water partition coefficient (Wildman–Crippen LogP) is 5.79. The fraction of sp³-hybridized carbons (Fsp3) is 0. The highest BCUT2D eigenvalue weighted by Crippen LogP contribution is 2.35.